The third-order valence-corrected chi connectivity index (χ3v) is 3.55. The normalized spacial score (nSPS) is 11.2. The van der Waals surface area contributed by atoms with E-state index in [4.69, 9.17) is 0 Å². The van der Waals surface area contributed by atoms with Crippen molar-refractivity contribution in [2.45, 2.75) is 5.03 Å². The second kappa shape index (κ2) is 5.57. The first-order valence-corrected chi connectivity index (χ1v) is 7.59. The number of aromatic nitrogens is 1. The van der Waals surface area contributed by atoms with Crippen LogP contribution in [0.4, 0.5) is 14.5 Å². The predicted molar refractivity (Wildman–Crippen MR) is 71.7 cm³/mol. The summed E-state index contributed by atoms with van der Waals surface area (Å²) < 4.78 is 48.6. The van der Waals surface area contributed by atoms with Crippen LogP contribution >= 0.6 is 0 Å². The second-order valence-corrected chi connectivity index (χ2v) is 6.20. The summed E-state index contributed by atoms with van der Waals surface area (Å²) in [6.07, 6.45) is 2.14. The van der Waals surface area contributed by atoms with Gasteiger partial charge in [-0.1, -0.05) is 0 Å². The molecule has 0 atom stereocenters. The Bertz CT molecular complexity index is 790. The van der Waals surface area contributed by atoms with E-state index in [-0.39, 0.29) is 16.3 Å². The van der Waals surface area contributed by atoms with Gasteiger partial charge in [-0.3, -0.25) is 4.79 Å². The van der Waals surface area contributed by atoms with Crippen LogP contribution in [0.3, 0.4) is 0 Å². The molecule has 1 heterocycles. The van der Waals surface area contributed by atoms with Crippen LogP contribution in [-0.4, -0.2) is 25.6 Å². The highest BCUT2D eigenvalue weighted by molar-refractivity contribution is 7.90. The van der Waals surface area contributed by atoms with Crippen LogP contribution in [0, 0.1) is 11.6 Å². The molecule has 0 aliphatic heterocycles. The van der Waals surface area contributed by atoms with Gasteiger partial charge in [-0.05, 0) is 24.3 Å². The Labute approximate surface area is 119 Å². The summed E-state index contributed by atoms with van der Waals surface area (Å²) in [5.74, 6) is -2.57. The molecule has 0 saturated carbocycles. The molecule has 8 heteroatoms. The number of hydrogen-bond acceptors (Lipinski definition) is 4. The lowest BCUT2D eigenvalue weighted by atomic mass is 10.2. The molecule has 2 aromatic rings. The molecular weight excluding hydrogens is 302 g/mol. The zero-order chi connectivity index (χ0) is 15.6. The first-order chi connectivity index (χ1) is 9.77. The van der Waals surface area contributed by atoms with Crippen LogP contribution in [0.5, 0.6) is 0 Å². The van der Waals surface area contributed by atoms with Gasteiger partial charge in [0.25, 0.3) is 5.91 Å². The fourth-order valence-electron chi connectivity index (χ4n) is 1.55. The van der Waals surface area contributed by atoms with Crippen molar-refractivity contribution < 1.29 is 22.0 Å². The van der Waals surface area contributed by atoms with Gasteiger partial charge < -0.3 is 5.32 Å². The van der Waals surface area contributed by atoms with Crippen LogP contribution in [0.1, 0.15) is 10.4 Å². The van der Waals surface area contributed by atoms with Gasteiger partial charge in [-0.15, -0.1) is 0 Å². The van der Waals surface area contributed by atoms with Crippen molar-refractivity contribution in [3.05, 3.63) is 53.7 Å². The van der Waals surface area contributed by atoms with E-state index in [1.54, 1.807) is 0 Å². The molecule has 110 valence electrons. The highest BCUT2D eigenvalue weighted by Crippen LogP contribution is 2.14. The number of rotatable bonds is 3. The maximum absolute atomic E-state index is 13.4. The molecule has 0 radical (unpaired) electrons. The van der Waals surface area contributed by atoms with Crippen molar-refractivity contribution >= 4 is 21.4 Å². The number of benzene rings is 1. The lowest BCUT2D eigenvalue weighted by Crippen LogP contribution is -2.14. The first kappa shape index (κ1) is 15.0. The minimum Gasteiger partial charge on any atom is -0.320 e. The van der Waals surface area contributed by atoms with Crippen molar-refractivity contribution in [3.63, 3.8) is 0 Å². The molecule has 0 aliphatic carbocycles. The average molecular weight is 312 g/mol. The van der Waals surface area contributed by atoms with Crippen molar-refractivity contribution in [2.24, 2.45) is 0 Å². The van der Waals surface area contributed by atoms with E-state index in [1.165, 1.54) is 12.1 Å². The Morgan fingerprint density at radius 2 is 1.90 bits per heavy atom. The van der Waals surface area contributed by atoms with Crippen LogP contribution in [0.15, 0.2) is 41.6 Å². The molecule has 1 amide bonds. The third-order valence-electron chi connectivity index (χ3n) is 2.55. The largest absolute Gasteiger partial charge is 0.320 e. The Hall–Kier alpha value is -2.35. The highest BCUT2D eigenvalue weighted by Gasteiger charge is 2.14. The number of nitrogens with zero attached hydrogens (tertiary/aromatic N) is 1. The Morgan fingerprint density at radius 1 is 1.19 bits per heavy atom. The monoisotopic (exact) mass is 312 g/mol. The lowest BCUT2D eigenvalue weighted by Gasteiger charge is -2.06. The fraction of sp³-hybridized carbons (Fsp3) is 0.0769. The van der Waals surface area contributed by atoms with E-state index < -0.39 is 27.4 Å². The smallest absolute Gasteiger partial charge is 0.258 e. The van der Waals surface area contributed by atoms with Crippen molar-refractivity contribution in [2.75, 3.05) is 11.6 Å². The molecule has 1 aromatic carbocycles. The number of hydrogen-bond donors (Lipinski definition) is 1. The number of carbonyl (C=O) groups is 1. The summed E-state index contributed by atoms with van der Waals surface area (Å²) in [5.41, 5.74) is -0.139. The fourth-order valence-corrected chi connectivity index (χ4v) is 2.11. The maximum Gasteiger partial charge on any atom is 0.258 e. The Balaban J connectivity index is 2.20. The molecule has 1 aromatic heterocycles. The third kappa shape index (κ3) is 3.60. The number of amides is 1. The van der Waals surface area contributed by atoms with Gasteiger partial charge in [0.15, 0.2) is 14.9 Å². The zero-order valence-corrected chi connectivity index (χ0v) is 11.6. The van der Waals surface area contributed by atoms with Gasteiger partial charge in [-0.2, -0.15) is 0 Å². The van der Waals surface area contributed by atoms with Crippen LogP contribution in [0.2, 0.25) is 0 Å². The molecule has 0 aliphatic rings. The molecule has 2 rings (SSSR count). The maximum atomic E-state index is 13.4. The van der Waals surface area contributed by atoms with Crippen molar-refractivity contribution in [1.29, 1.82) is 0 Å². The number of carbonyl (C=O) groups excluding carboxylic acids is 1. The van der Waals surface area contributed by atoms with Crippen molar-refractivity contribution in [1.82, 2.24) is 4.98 Å². The zero-order valence-electron chi connectivity index (χ0n) is 10.8. The lowest BCUT2D eigenvalue weighted by molar-refractivity contribution is 0.102. The summed E-state index contributed by atoms with van der Waals surface area (Å²) in [6, 6.07) is 5.11. The van der Waals surface area contributed by atoms with Gasteiger partial charge in [0.2, 0.25) is 0 Å². The first-order valence-electron chi connectivity index (χ1n) is 5.70. The van der Waals surface area contributed by atoms with E-state index in [0.717, 1.165) is 24.6 Å². The van der Waals surface area contributed by atoms with Gasteiger partial charge >= 0.3 is 0 Å². The number of pyridine rings is 1. The van der Waals surface area contributed by atoms with Crippen LogP contribution < -0.4 is 5.32 Å². The Morgan fingerprint density at radius 3 is 2.43 bits per heavy atom. The summed E-state index contributed by atoms with van der Waals surface area (Å²) in [7, 11) is -3.44. The quantitative estimate of drug-likeness (QED) is 0.940. The van der Waals surface area contributed by atoms with Gasteiger partial charge in [0.1, 0.15) is 11.6 Å². The highest BCUT2D eigenvalue weighted by atomic mass is 32.2. The summed E-state index contributed by atoms with van der Waals surface area (Å²) in [4.78, 5) is 15.5. The van der Waals surface area contributed by atoms with Crippen LogP contribution in [0.25, 0.3) is 0 Å². The van der Waals surface area contributed by atoms with Crippen molar-refractivity contribution in [3.8, 4) is 0 Å². The number of halogens is 2. The topological polar surface area (TPSA) is 76.1 Å². The minimum atomic E-state index is -3.44. The van der Waals surface area contributed by atoms with E-state index >= 15 is 0 Å². The second-order valence-electron chi connectivity index (χ2n) is 4.24. The molecule has 0 unspecified atom stereocenters. The van der Waals surface area contributed by atoms with Crippen LogP contribution in [-0.2, 0) is 9.84 Å². The summed E-state index contributed by atoms with van der Waals surface area (Å²) in [5, 5.41) is 2.19. The van der Waals surface area contributed by atoms with E-state index in [1.807, 2.05) is 0 Å². The van der Waals surface area contributed by atoms with Gasteiger partial charge in [-0.25, -0.2) is 22.2 Å². The molecule has 0 fully saturated rings. The molecule has 5 nitrogen and oxygen atoms in total. The Kier molecular flexibility index (Phi) is 3.99. The number of anilines is 1. The van der Waals surface area contributed by atoms with Gasteiger partial charge in [0.05, 0.1) is 17.4 Å². The van der Waals surface area contributed by atoms with E-state index in [2.05, 4.69) is 10.3 Å². The molecule has 0 spiro atoms. The standard InChI is InChI=1S/C13H10F2N2O3S/c1-21(19,20)12-5-3-9(7-16-12)17-13(18)10-4-2-8(14)6-11(10)15/h2-7H,1H3,(H,17,18). The molecule has 0 saturated heterocycles. The summed E-state index contributed by atoms with van der Waals surface area (Å²) >= 11 is 0. The summed E-state index contributed by atoms with van der Waals surface area (Å²) in [6.45, 7) is 0. The number of nitrogens with one attached hydrogen (secondary N) is 1. The van der Waals surface area contributed by atoms with Gasteiger partial charge in [0, 0.05) is 12.3 Å². The predicted octanol–water partition coefficient (Wildman–Crippen LogP) is 2.02. The molecule has 1 N–H and O–H groups in total. The van der Waals surface area contributed by atoms with E-state index in [0.29, 0.717) is 6.07 Å². The SMILES string of the molecule is CS(=O)(=O)c1ccc(NC(=O)c2ccc(F)cc2F)cn1. The average Bonchev–Trinajstić information content (AvgIpc) is 2.38. The minimum absolute atomic E-state index is 0.145. The molecule has 21 heavy (non-hydrogen) atoms. The number of sulfone groups is 1. The van der Waals surface area contributed by atoms with E-state index in [9.17, 15) is 22.0 Å². The molecule has 0 bridgehead atoms. The molecular formula is C13H10F2N2O3S.